The summed E-state index contributed by atoms with van der Waals surface area (Å²) in [6.45, 7) is 4.61. The van der Waals surface area contributed by atoms with E-state index in [1.54, 1.807) is 0 Å². The van der Waals surface area contributed by atoms with Crippen LogP contribution in [0.5, 0.6) is 0 Å². The zero-order valence-corrected chi connectivity index (χ0v) is 9.37. The monoisotopic (exact) mass is 194 g/mol. The fourth-order valence-corrected chi connectivity index (χ4v) is 1.07. The summed E-state index contributed by atoms with van der Waals surface area (Å²) in [7, 11) is 0. The Bertz CT molecular complexity index is 190. The summed E-state index contributed by atoms with van der Waals surface area (Å²) in [4.78, 5) is 0. The van der Waals surface area contributed by atoms with Crippen molar-refractivity contribution in [3.05, 3.63) is 35.9 Å². The molecule has 0 radical (unpaired) electrons. The Labute approximate surface area is 87.8 Å². The minimum atomic E-state index is 0.361. The Kier molecular flexibility index (Phi) is 9.66. The van der Waals surface area contributed by atoms with Gasteiger partial charge in [0.25, 0.3) is 0 Å². The number of aliphatic hydroxyl groups excluding tert-OH is 1. The number of hydrogen-bond donors (Lipinski definition) is 1. The first kappa shape index (κ1) is 13.2. The molecule has 1 nitrogen and oxygen atoms in total. The van der Waals surface area contributed by atoms with Crippen molar-refractivity contribution in [2.24, 2.45) is 0 Å². The molecule has 1 aromatic rings. The highest BCUT2D eigenvalue weighted by Gasteiger charge is 1.80. The van der Waals surface area contributed by atoms with Gasteiger partial charge in [-0.15, -0.1) is 0 Å². The van der Waals surface area contributed by atoms with Crippen molar-refractivity contribution >= 4 is 0 Å². The summed E-state index contributed by atoms with van der Waals surface area (Å²) in [5, 5.41) is 8.29. The fourth-order valence-electron chi connectivity index (χ4n) is 1.07. The number of unbranched alkanes of at least 4 members (excludes halogenated alkanes) is 3. The van der Waals surface area contributed by atoms with Gasteiger partial charge in [0.05, 0.1) is 0 Å². The van der Waals surface area contributed by atoms with Gasteiger partial charge >= 0.3 is 0 Å². The highest BCUT2D eigenvalue weighted by molar-refractivity contribution is 5.11. The Morgan fingerprint density at radius 3 is 2.00 bits per heavy atom. The maximum Gasteiger partial charge on any atom is 0.0431 e. The molecule has 0 aliphatic rings. The molecule has 0 atom stereocenters. The van der Waals surface area contributed by atoms with Gasteiger partial charge in [-0.25, -0.2) is 0 Å². The third-order valence-electron chi connectivity index (χ3n) is 1.95. The third-order valence-corrected chi connectivity index (χ3v) is 1.95. The molecule has 1 aromatic carbocycles. The molecule has 0 saturated carbocycles. The van der Waals surface area contributed by atoms with Crippen molar-refractivity contribution in [3.8, 4) is 0 Å². The first-order valence-corrected chi connectivity index (χ1v) is 5.43. The van der Waals surface area contributed by atoms with Gasteiger partial charge in [0.15, 0.2) is 0 Å². The first-order chi connectivity index (χ1) is 6.81. The second-order valence-electron chi connectivity index (χ2n) is 3.44. The van der Waals surface area contributed by atoms with Gasteiger partial charge in [0.1, 0.15) is 0 Å². The highest BCUT2D eigenvalue weighted by atomic mass is 16.2. The number of aryl methyl sites for hydroxylation is 1. The van der Waals surface area contributed by atoms with Crippen LogP contribution in [0, 0.1) is 6.92 Å². The molecule has 1 N–H and O–H groups in total. The maximum atomic E-state index is 8.29. The number of benzene rings is 1. The molecule has 0 saturated heterocycles. The van der Waals surface area contributed by atoms with Crippen LogP contribution < -0.4 is 0 Å². The second kappa shape index (κ2) is 10.3. The van der Waals surface area contributed by atoms with Crippen LogP contribution in [0.3, 0.4) is 0 Å². The van der Waals surface area contributed by atoms with E-state index in [1.165, 1.54) is 24.8 Å². The first-order valence-electron chi connectivity index (χ1n) is 5.43. The second-order valence-corrected chi connectivity index (χ2v) is 3.44. The van der Waals surface area contributed by atoms with Crippen molar-refractivity contribution in [1.29, 1.82) is 0 Å². The van der Waals surface area contributed by atoms with Gasteiger partial charge in [-0.1, -0.05) is 62.1 Å². The van der Waals surface area contributed by atoms with Gasteiger partial charge in [0, 0.05) is 6.61 Å². The van der Waals surface area contributed by atoms with Crippen LogP contribution in [0.4, 0.5) is 0 Å². The van der Waals surface area contributed by atoms with Crippen molar-refractivity contribution in [2.75, 3.05) is 6.61 Å². The standard InChI is InChI=1S/C7H8.C6H14O/c1-7-5-3-2-4-6-7;1-2-3-4-5-6-7/h2-6H,1H3;7H,2-6H2,1H3. The Hall–Kier alpha value is -0.820. The topological polar surface area (TPSA) is 20.2 Å². The predicted molar refractivity (Wildman–Crippen MR) is 62.4 cm³/mol. The number of rotatable bonds is 4. The van der Waals surface area contributed by atoms with Gasteiger partial charge in [-0.05, 0) is 13.3 Å². The molecule has 1 heteroatoms. The fraction of sp³-hybridized carbons (Fsp3) is 0.538. The van der Waals surface area contributed by atoms with E-state index >= 15 is 0 Å². The Balaban J connectivity index is 0.000000241. The third kappa shape index (κ3) is 9.27. The summed E-state index contributed by atoms with van der Waals surface area (Å²) in [6.07, 6.45) is 4.68. The van der Waals surface area contributed by atoms with E-state index in [2.05, 4.69) is 26.0 Å². The molecular weight excluding hydrogens is 172 g/mol. The normalized spacial score (nSPS) is 9.07. The molecule has 0 heterocycles. The van der Waals surface area contributed by atoms with Crippen LogP contribution in [-0.4, -0.2) is 11.7 Å². The molecular formula is C13H22O. The molecule has 14 heavy (non-hydrogen) atoms. The smallest absolute Gasteiger partial charge is 0.0431 e. The molecule has 0 spiro atoms. The van der Waals surface area contributed by atoms with Gasteiger partial charge < -0.3 is 5.11 Å². The molecule has 0 aromatic heterocycles. The van der Waals surface area contributed by atoms with Crippen LogP contribution in [0.1, 0.15) is 38.2 Å². The molecule has 1 rings (SSSR count). The molecule has 0 bridgehead atoms. The highest BCUT2D eigenvalue weighted by Crippen LogP contribution is 1.96. The number of aliphatic hydroxyl groups is 1. The van der Waals surface area contributed by atoms with E-state index in [4.69, 9.17) is 5.11 Å². The van der Waals surface area contributed by atoms with Crippen LogP contribution in [0.25, 0.3) is 0 Å². The van der Waals surface area contributed by atoms with Crippen LogP contribution >= 0.6 is 0 Å². The van der Waals surface area contributed by atoms with Crippen molar-refractivity contribution in [3.63, 3.8) is 0 Å². The molecule has 0 amide bonds. The van der Waals surface area contributed by atoms with Gasteiger partial charge in [-0.2, -0.15) is 0 Å². The van der Waals surface area contributed by atoms with Crippen LogP contribution in [0.2, 0.25) is 0 Å². The molecule has 80 valence electrons. The zero-order valence-electron chi connectivity index (χ0n) is 9.37. The SMILES string of the molecule is CCCCCCO.Cc1ccccc1. The average molecular weight is 194 g/mol. The predicted octanol–water partition coefficient (Wildman–Crippen LogP) is 3.55. The van der Waals surface area contributed by atoms with Gasteiger partial charge in [0.2, 0.25) is 0 Å². The van der Waals surface area contributed by atoms with Crippen molar-refractivity contribution in [1.82, 2.24) is 0 Å². The summed E-state index contributed by atoms with van der Waals surface area (Å²) in [5.74, 6) is 0. The molecule has 0 fully saturated rings. The van der Waals surface area contributed by atoms with E-state index in [0.29, 0.717) is 6.61 Å². The lowest BCUT2D eigenvalue weighted by Crippen LogP contribution is -1.80. The van der Waals surface area contributed by atoms with Crippen LogP contribution in [0.15, 0.2) is 30.3 Å². The minimum absolute atomic E-state index is 0.361. The summed E-state index contributed by atoms with van der Waals surface area (Å²) in [5.41, 5.74) is 1.32. The van der Waals surface area contributed by atoms with E-state index in [9.17, 15) is 0 Å². The lowest BCUT2D eigenvalue weighted by atomic mass is 10.2. The molecule has 0 aliphatic carbocycles. The summed E-state index contributed by atoms with van der Waals surface area (Å²) < 4.78 is 0. The van der Waals surface area contributed by atoms with Crippen molar-refractivity contribution < 1.29 is 5.11 Å². The van der Waals surface area contributed by atoms with Gasteiger partial charge in [-0.3, -0.25) is 0 Å². The number of hydrogen-bond acceptors (Lipinski definition) is 1. The van der Waals surface area contributed by atoms with E-state index < -0.39 is 0 Å². The lowest BCUT2D eigenvalue weighted by molar-refractivity contribution is 0.283. The van der Waals surface area contributed by atoms with E-state index in [0.717, 1.165) is 6.42 Å². The Morgan fingerprint density at radius 2 is 1.64 bits per heavy atom. The van der Waals surface area contributed by atoms with E-state index in [-0.39, 0.29) is 0 Å². The maximum absolute atomic E-state index is 8.29. The Morgan fingerprint density at radius 1 is 1.00 bits per heavy atom. The summed E-state index contributed by atoms with van der Waals surface area (Å²) >= 11 is 0. The molecule has 0 unspecified atom stereocenters. The van der Waals surface area contributed by atoms with E-state index in [1.807, 2.05) is 18.2 Å². The largest absolute Gasteiger partial charge is 0.396 e. The van der Waals surface area contributed by atoms with Crippen LogP contribution in [-0.2, 0) is 0 Å². The molecule has 0 aliphatic heterocycles. The quantitative estimate of drug-likeness (QED) is 0.727. The lowest BCUT2D eigenvalue weighted by Gasteiger charge is -1.90. The zero-order chi connectivity index (χ0) is 10.6. The van der Waals surface area contributed by atoms with Crippen molar-refractivity contribution in [2.45, 2.75) is 39.5 Å². The minimum Gasteiger partial charge on any atom is -0.396 e. The average Bonchev–Trinajstić information content (AvgIpc) is 2.21. The summed E-state index contributed by atoms with van der Waals surface area (Å²) in [6, 6.07) is 10.3.